The summed E-state index contributed by atoms with van der Waals surface area (Å²) < 4.78 is 14.8. The summed E-state index contributed by atoms with van der Waals surface area (Å²) in [5.74, 6) is -0.930. The molecule has 0 saturated heterocycles. The van der Waals surface area contributed by atoms with Crippen LogP contribution in [-0.4, -0.2) is 20.4 Å². The van der Waals surface area contributed by atoms with Gasteiger partial charge in [-0.15, -0.1) is 0 Å². The lowest BCUT2D eigenvalue weighted by Gasteiger charge is -2.13. The monoisotopic (exact) mass is 514 g/mol. The van der Waals surface area contributed by atoms with Crippen molar-refractivity contribution in [1.82, 2.24) is 14.5 Å². The highest BCUT2D eigenvalue weighted by Crippen LogP contribution is 2.32. The number of aromatic amines is 1. The van der Waals surface area contributed by atoms with Crippen LogP contribution < -0.4 is 10.9 Å². The van der Waals surface area contributed by atoms with Crippen molar-refractivity contribution in [3.8, 4) is 27.9 Å². The highest BCUT2D eigenvalue weighted by atomic mass is 19.1. The van der Waals surface area contributed by atoms with Crippen LogP contribution in [0.5, 0.6) is 0 Å². The predicted molar refractivity (Wildman–Crippen MR) is 152 cm³/mol. The fourth-order valence-corrected chi connectivity index (χ4v) is 4.71. The number of pyridine rings is 2. The number of nitrogens with zero attached hydrogens (tertiary/aromatic N) is 2. The van der Waals surface area contributed by atoms with Gasteiger partial charge in [-0.2, -0.15) is 0 Å². The van der Waals surface area contributed by atoms with E-state index in [0.29, 0.717) is 17.1 Å². The largest absolute Gasteiger partial charge is 0.346 e. The molecule has 0 aliphatic rings. The predicted octanol–water partition coefficient (Wildman–Crippen LogP) is 6.75. The maximum absolute atomic E-state index is 13.4. The summed E-state index contributed by atoms with van der Waals surface area (Å²) in [7, 11) is 0. The molecule has 3 heterocycles. The number of fused-ring (bicyclic) bond motifs is 1. The third kappa shape index (κ3) is 4.62. The fourth-order valence-electron chi connectivity index (χ4n) is 4.71. The van der Waals surface area contributed by atoms with E-state index in [1.807, 2.05) is 60.9 Å². The number of hydrogen-bond donors (Lipinski definition) is 2. The van der Waals surface area contributed by atoms with Gasteiger partial charge in [0.05, 0.1) is 0 Å². The minimum absolute atomic E-state index is 0.0147. The number of benzene rings is 3. The molecular weight excluding hydrogens is 491 g/mol. The quantitative estimate of drug-likeness (QED) is 0.267. The molecule has 3 aromatic heterocycles. The molecule has 0 radical (unpaired) electrons. The van der Waals surface area contributed by atoms with Gasteiger partial charge in [-0.05, 0) is 72.6 Å². The Hall–Kier alpha value is -5.30. The topological polar surface area (TPSA) is 79.8 Å². The second-order valence-corrected chi connectivity index (χ2v) is 9.23. The minimum Gasteiger partial charge on any atom is -0.346 e. The zero-order valence-corrected chi connectivity index (χ0v) is 21.0. The summed E-state index contributed by atoms with van der Waals surface area (Å²) in [6, 6.07) is 28.4. The molecule has 0 unspecified atom stereocenters. The number of amides is 1. The molecule has 0 fully saturated rings. The van der Waals surface area contributed by atoms with Crippen LogP contribution in [0.1, 0.15) is 16.1 Å². The standard InChI is InChI=1S/C32H23FN4O2/c1-20-10-15-27(32(39)37(20)26-13-11-24(33)12-14-26)31(38)36-25-9-5-8-22(16-25)29-19-35-30-28(29)17-23(18-34-30)21-6-3-2-4-7-21/h2-19H,1H3,(H,34,35)(H,36,38). The van der Waals surface area contributed by atoms with Crippen LogP contribution in [0.25, 0.3) is 39.0 Å². The van der Waals surface area contributed by atoms with Gasteiger partial charge < -0.3 is 10.3 Å². The molecule has 2 N–H and O–H groups in total. The van der Waals surface area contributed by atoms with Gasteiger partial charge in [-0.3, -0.25) is 14.2 Å². The highest BCUT2D eigenvalue weighted by molar-refractivity contribution is 6.05. The van der Waals surface area contributed by atoms with Gasteiger partial charge in [-0.1, -0.05) is 42.5 Å². The number of nitrogens with one attached hydrogen (secondary N) is 2. The number of anilines is 1. The van der Waals surface area contributed by atoms with Crippen LogP contribution >= 0.6 is 0 Å². The van der Waals surface area contributed by atoms with E-state index in [1.165, 1.54) is 34.9 Å². The van der Waals surface area contributed by atoms with Crippen molar-refractivity contribution in [3.63, 3.8) is 0 Å². The average molecular weight is 515 g/mol. The maximum Gasteiger partial charge on any atom is 0.268 e. The van der Waals surface area contributed by atoms with Crippen molar-refractivity contribution >= 4 is 22.6 Å². The third-order valence-corrected chi connectivity index (χ3v) is 6.68. The number of aryl methyl sites for hydroxylation is 1. The average Bonchev–Trinajstić information content (AvgIpc) is 3.38. The Morgan fingerprint density at radius 2 is 1.64 bits per heavy atom. The number of aromatic nitrogens is 3. The van der Waals surface area contributed by atoms with Crippen molar-refractivity contribution < 1.29 is 9.18 Å². The molecular formula is C32H23FN4O2. The number of carbonyl (C=O) groups excluding carboxylic acids is 1. The molecule has 0 aliphatic carbocycles. The van der Waals surface area contributed by atoms with Gasteiger partial charge in [0.25, 0.3) is 11.5 Å². The lowest BCUT2D eigenvalue weighted by atomic mass is 10.0. The Morgan fingerprint density at radius 1 is 0.872 bits per heavy atom. The second-order valence-electron chi connectivity index (χ2n) is 9.23. The molecule has 0 saturated carbocycles. The number of halogens is 1. The first kappa shape index (κ1) is 24.1. The Labute approximate surface area is 223 Å². The minimum atomic E-state index is -0.528. The molecule has 190 valence electrons. The van der Waals surface area contributed by atoms with Gasteiger partial charge in [0.1, 0.15) is 17.0 Å². The van der Waals surface area contributed by atoms with Crippen LogP contribution in [0.3, 0.4) is 0 Å². The molecule has 7 heteroatoms. The van der Waals surface area contributed by atoms with Crippen molar-refractivity contribution in [3.05, 3.63) is 137 Å². The molecule has 0 spiro atoms. The second kappa shape index (κ2) is 9.87. The Morgan fingerprint density at radius 3 is 2.44 bits per heavy atom. The first-order valence-corrected chi connectivity index (χ1v) is 12.4. The van der Waals surface area contributed by atoms with Gasteiger partial charge in [0.2, 0.25) is 0 Å². The van der Waals surface area contributed by atoms with Crippen LogP contribution in [0.2, 0.25) is 0 Å². The molecule has 0 bridgehead atoms. The lowest BCUT2D eigenvalue weighted by molar-refractivity contribution is 0.102. The van der Waals surface area contributed by atoms with E-state index in [2.05, 4.69) is 21.4 Å². The lowest BCUT2D eigenvalue weighted by Crippen LogP contribution is -2.29. The Balaban J connectivity index is 1.32. The van der Waals surface area contributed by atoms with E-state index in [1.54, 1.807) is 19.1 Å². The maximum atomic E-state index is 13.4. The zero-order valence-electron chi connectivity index (χ0n) is 21.0. The number of H-pyrrole nitrogens is 1. The van der Waals surface area contributed by atoms with Gasteiger partial charge >= 0.3 is 0 Å². The smallest absolute Gasteiger partial charge is 0.268 e. The number of hydrogen-bond acceptors (Lipinski definition) is 3. The summed E-state index contributed by atoms with van der Waals surface area (Å²) in [6.07, 6.45) is 3.74. The molecule has 6 nitrogen and oxygen atoms in total. The summed E-state index contributed by atoms with van der Waals surface area (Å²) in [5.41, 5.74) is 5.85. The molecule has 0 atom stereocenters. The molecule has 1 amide bonds. The van der Waals surface area contributed by atoms with Gasteiger partial charge in [-0.25, -0.2) is 9.37 Å². The van der Waals surface area contributed by atoms with Crippen molar-refractivity contribution in [2.75, 3.05) is 5.32 Å². The van der Waals surface area contributed by atoms with E-state index in [-0.39, 0.29) is 5.56 Å². The van der Waals surface area contributed by atoms with Crippen molar-refractivity contribution in [1.29, 1.82) is 0 Å². The van der Waals surface area contributed by atoms with Gasteiger partial charge in [0.15, 0.2) is 0 Å². The number of carbonyl (C=O) groups is 1. The van der Waals surface area contributed by atoms with Crippen LogP contribution in [0.15, 0.2) is 114 Å². The van der Waals surface area contributed by atoms with E-state index < -0.39 is 17.3 Å². The molecule has 0 aliphatic heterocycles. The van der Waals surface area contributed by atoms with Crippen LogP contribution in [-0.2, 0) is 0 Å². The molecule has 6 rings (SSSR count). The van der Waals surface area contributed by atoms with Gasteiger partial charge in [0, 0.05) is 46.0 Å². The van der Waals surface area contributed by atoms with E-state index >= 15 is 0 Å². The Bertz CT molecular complexity index is 1890. The zero-order chi connectivity index (χ0) is 26.9. The summed E-state index contributed by atoms with van der Waals surface area (Å²) >= 11 is 0. The molecule has 3 aromatic carbocycles. The van der Waals surface area contributed by atoms with E-state index in [0.717, 1.165) is 33.3 Å². The molecule has 39 heavy (non-hydrogen) atoms. The van der Waals surface area contributed by atoms with E-state index in [9.17, 15) is 14.0 Å². The fraction of sp³-hybridized carbons (Fsp3) is 0.0312. The third-order valence-electron chi connectivity index (χ3n) is 6.68. The molecule has 6 aromatic rings. The highest BCUT2D eigenvalue weighted by Gasteiger charge is 2.16. The normalized spacial score (nSPS) is 11.0. The van der Waals surface area contributed by atoms with Crippen molar-refractivity contribution in [2.24, 2.45) is 0 Å². The Kier molecular flexibility index (Phi) is 6.09. The SMILES string of the molecule is Cc1ccc(C(=O)Nc2cccc(-c3c[nH]c4ncc(-c5ccccc5)cc34)c2)c(=O)n1-c1ccc(F)cc1. The summed E-state index contributed by atoms with van der Waals surface area (Å²) in [6.45, 7) is 1.76. The first-order chi connectivity index (χ1) is 19.0. The van der Waals surface area contributed by atoms with Crippen molar-refractivity contribution in [2.45, 2.75) is 6.92 Å². The van der Waals surface area contributed by atoms with Crippen LogP contribution in [0, 0.1) is 12.7 Å². The van der Waals surface area contributed by atoms with Crippen LogP contribution in [0.4, 0.5) is 10.1 Å². The summed E-state index contributed by atoms with van der Waals surface area (Å²) in [4.78, 5) is 34.3. The number of rotatable bonds is 5. The summed E-state index contributed by atoms with van der Waals surface area (Å²) in [5, 5.41) is 3.81. The first-order valence-electron chi connectivity index (χ1n) is 12.4. The van der Waals surface area contributed by atoms with E-state index in [4.69, 9.17) is 0 Å².